The van der Waals surface area contributed by atoms with Crippen LogP contribution in [0.15, 0.2) is 59.7 Å². The van der Waals surface area contributed by atoms with Crippen LogP contribution in [0.2, 0.25) is 0 Å². The number of aromatic nitrogens is 2. The maximum atomic E-state index is 13.9. The number of benzene rings is 2. The molecule has 0 spiro atoms. The molecule has 1 fully saturated rings. The van der Waals surface area contributed by atoms with E-state index in [4.69, 9.17) is 23.9 Å². The third-order valence-electron chi connectivity index (χ3n) is 6.19. The van der Waals surface area contributed by atoms with Crippen LogP contribution in [-0.2, 0) is 0 Å². The monoisotopic (exact) mass is 426 g/mol. The smallest absolute Gasteiger partial charge is 0.231 e. The van der Waals surface area contributed by atoms with Crippen LogP contribution in [-0.4, -0.2) is 23.0 Å². The molecule has 0 radical (unpaired) electrons. The summed E-state index contributed by atoms with van der Waals surface area (Å²) < 4.78 is 23.9. The lowest BCUT2D eigenvalue weighted by molar-refractivity contribution is 0.173. The third-order valence-corrected chi connectivity index (χ3v) is 6.19. The van der Waals surface area contributed by atoms with Crippen LogP contribution in [0.3, 0.4) is 0 Å². The van der Waals surface area contributed by atoms with Crippen molar-refractivity contribution in [2.75, 3.05) is 13.6 Å². The first-order chi connectivity index (χ1) is 15.7. The van der Waals surface area contributed by atoms with Crippen molar-refractivity contribution in [3.05, 3.63) is 70.8 Å². The number of ether oxygens (including phenoxy) is 4. The molecular weight excluding hydrogens is 408 g/mol. The van der Waals surface area contributed by atoms with Crippen LogP contribution >= 0.6 is 0 Å². The van der Waals surface area contributed by atoms with E-state index in [0.717, 1.165) is 29.7 Å². The van der Waals surface area contributed by atoms with E-state index in [1.165, 1.54) is 0 Å². The Labute approximate surface area is 182 Å². The van der Waals surface area contributed by atoms with E-state index in [2.05, 4.69) is 0 Å². The van der Waals surface area contributed by atoms with Gasteiger partial charge in [-0.1, -0.05) is 12.1 Å². The van der Waals surface area contributed by atoms with Crippen molar-refractivity contribution in [2.24, 2.45) is 0 Å². The van der Waals surface area contributed by atoms with Crippen LogP contribution in [0, 0.1) is 0 Å². The maximum absolute atomic E-state index is 13.9. The van der Waals surface area contributed by atoms with Gasteiger partial charge in [0.15, 0.2) is 28.4 Å². The molecule has 0 N–H and O–H groups in total. The number of hydrogen-bond donors (Lipinski definition) is 0. The minimum absolute atomic E-state index is 0.0943. The fraction of sp³-hybridized carbons (Fsp3) is 0.200. The summed E-state index contributed by atoms with van der Waals surface area (Å²) in [7, 11) is 0. The number of hydrogen-bond acceptors (Lipinski definition) is 6. The van der Waals surface area contributed by atoms with Gasteiger partial charge in [-0.05, 0) is 54.3 Å². The SMILES string of the molecule is O=c1c(-c2ccc3c(c2)OCO3)cn2ccc(C3CC3)nc2c1-c1ccc2c(c1)OCO2. The molecule has 0 bridgehead atoms. The Morgan fingerprint density at radius 2 is 1.47 bits per heavy atom. The molecule has 0 unspecified atom stereocenters. The second-order valence-corrected chi connectivity index (χ2v) is 8.24. The fourth-order valence-corrected chi connectivity index (χ4v) is 4.36. The standard InChI is InChI=1S/C25H18N2O5/c28-24-17(15-3-5-19-21(9-15)31-12-29-19)11-27-8-7-18(14-1-2-14)26-25(27)23(24)16-4-6-20-22(10-16)32-13-30-20/h3-11,14H,1-2,12-13H2. The maximum Gasteiger partial charge on any atom is 0.231 e. The summed E-state index contributed by atoms with van der Waals surface area (Å²) in [6, 6.07) is 13.2. The highest BCUT2D eigenvalue weighted by Crippen LogP contribution is 2.41. The van der Waals surface area contributed by atoms with Gasteiger partial charge in [0, 0.05) is 29.6 Å². The summed E-state index contributed by atoms with van der Waals surface area (Å²) in [5.74, 6) is 3.11. The van der Waals surface area contributed by atoms with E-state index in [-0.39, 0.29) is 19.0 Å². The highest BCUT2D eigenvalue weighted by atomic mass is 16.7. The molecule has 158 valence electrons. The number of nitrogens with zero attached hydrogens (tertiary/aromatic N) is 2. The van der Waals surface area contributed by atoms with Crippen LogP contribution in [0.5, 0.6) is 23.0 Å². The van der Waals surface area contributed by atoms with E-state index in [1.54, 1.807) is 0 Å². The molecule has 7 rings (SSSR count). The van der Waals surface area contributed by atoms with Crippen molar-refractivity contribution < 1.29 is 18.9 Å². The average molecular weight is 426 g/mol. The van der Waals surface area contributed by atoms with Gasteiger partial charge in [0.05, 0.1) is 5.56 Å². The Morgan fingerprint density at radius 1 is 0.812 bits per heavy atom. The first kappa shape index (κ1) is 17.7. The highest BCUT2D eigenvalue weighted by Gasteiger charge is 2.27. The summed E-state index contributed by atoms with van der Waals surface area (Å²) >= 11 is 0. The third kappa shape index (κ3) is 2.67. The van der Waals surface area contributed by atoms with Gasteiger partial charge in [-0.3, -0.25) is 4.79 Å². The van der Waals surface area contributed by atoms with Crippen LogP contribution in [0.25, 0.3) is 27.9 Å². The van der Waals surface area contributed by atoms with Crippen LogP contribution in [0.4, 0.5) is 0 Å². The Morgan fingerprint density at radius 3 is 2.19 bits per heavy atom. The van der Waals surface area contributed by atoms with E-state index >= 15 is 0 Å². The largest absolute Gasteiger partial charge is 0.454 e. The van der Waals surface area contributed by atoms with Gasteiger partial charge in [0.1, 0.15) is 5.65 Å². The first-order valence-corrected chi connectivity index (χ1v) is 10.6. The Balaban J connectivity index is 1.50. The Bertz CT molecular complexity index is 1470. The van der Waals surface area contributed by atoms with Crippen molar-refractivity contribution >= 4 is 5.65 Å². The molecule has 0 atom stereocenters. The second kappa shape index (κ2) is 6.50. The molecule has 2 aromatic heterocycles. The first-order valence-electron chi connectivity index (χ1n) is 10.6. The van der Waals surface area contributed by atoms with E-state index in [0.29, 0.717) is 45.7 Å². The van der Waals surface area contributed by atoms with Crippen LogP contribution < -0.4 is 24.4 Å². The molecule has 7 heteroatoms. The lowest BCUT2D eigenvalue weighted by Crippen LogP contribution is -2.13. The number of pyridine rings is 1. The zero-order valence-electron chi connectivity index (χ0n) is 17.0. The predicted molar refractivity (Wildman–Crippen MR) is 117 cm³/mol. The van der Waals surface area contributed by atoms with E-state index in [9.17, 15) is 4.79 Å². The lowest BCUT2D eigenvalue weighted by Gasteiger charge is -2.13. The second-order valence-electron chi connectivity index (χ2n) is 8.24. The molecule has 32 heavy (non-hydrogen) atoms. The van der Waals surface area contributed by atoms with Gasteiger partial charge in [-0.2, -0.15) is 0 Å². The molecule has 4 heterocycles. The summed E-state index contributed by atoms with van der Waals surface area (Å²) in [6.07, 6.45) is 6.11. The van der Waals surface area contributed by atoms with E-state index < -0.39 is 0 Å². The zero-order chi connectivity index (χ0) is 21.2. The normalized spacial score (nSPS) is 16.0. The van der Waals surface area contributed by atoms with Gasteiger partial charge in [-0.15, -0.1) is 0 Å². The van der Waals surface area contributed by atoms with Crippen molar-refractivity contribution in [3.8, 4) is 45.3 Å². The van der Waals surface area contributed by atoms with Gasteiger partial charge in [0.25, 0.3) is 0 Å². The minimum atomic E-state index is -0.0943. The van der Waals surface area contributed by atoms with Gasteiger partial charge >= 0.3 is 0 Å². The molecule has 1 aliphatic carbocycles. The molecule has 0 amide bonds. The van der Waals surface area contributed by atoms with Gasteiger partial charge in [-0.25, -0.2) is 4.98 Å². The molecule has 1 saturated carbocycles. The average Bonchev–Trinajstić information content (AvgIpc) is 3.37. The zero-order valence-corrected chi connectivity index (χ0v) is 17.0. The molecule has 2 aromatic carbocycles. The quantitative estimate of drug-likeness (QED) is 0.485. The minimum Gasteiger partial charge on any atom is -0.454 e. The summed E-state index contributed by atoms with van der Waals surface area (Å²) in [6.45, 7) is 0.367. The summed E-state index contributed by atoms with van der Waals surface area (Å²) in [5, 5.41) is 0. The number of fused-ring (bicyclic) bond motifs is 3. The van der Waals surface area contributed by atoms with Crippen molar-refractivity contribution in [1.29, 1.82) is 0 Å². The fourth-order valence-electron chi connectivity index (χ4n) is 4.36. The van der Waals surface area contributed by atoms with Crippen molar-refractivity contribution in [1.82, 2.24) is 9.38 Å². The Kier molecular flexibility index (Phi) is 3.59. The molecular formula is C25H18N2O5. The lowest BCUT2D eigenvalue weighted by atomic mass is 9.99. The van der Waals surface area contributed by atoms with Crippen LogP contribution in [0.1, 0.15) is 24.5 Å². The molecule has 3 aliphatic rings. The topological polar surface area (TPSA) is 71.3 Å². The molecule has 0 saturated heterocycles. The highest BCUT2D eigenvalue weighted by molar-refractivity contribution is 5.83. The Hall–Kier alpha value is -4.00. The van der Waals surface area contributed by atoms with Gasteiger partial charge < -0.3 is 23.3 Å². The molecule has 7 nitrogen and oxygen atoms in total. The molecule has 2 aliphatic heterocycles. The summed E-state index contributed by atoms with van der Waals surface area (Å²) in [5.41, 5.74) is 4.20. The van der Waals surface area contributed by atoms with Crippen molar-refractivity contribution in [2.45, 2.75) is 18.8 Å². The van der Waals surface area contributed by atoms with Crippen molar-refractivity contribution in [3.63, 3.8) is 0 Å². The summed E-state index contributed by atoms with van der Waals surface area (Å²) in [4.78, 5) is 18.8. The number of rotatable bonds is 3. The van der Waals surface area contributed by atoms with Gasteiger partial charge in [0.2, 0.25) is 13.6 Å². The molecule has 4 aromatic rings. The van der Waals surface area contributed by atoms with E-state index in [1.807, 2.05) is 59.3 Å². The predicted octanol–water partition coefficient (Wildman–Crippen LogP) is 4.36.